The Morgan fingerprint density at radius 1 is 1.19 bits per heavy atom. The van der Waals surface area contributed by atoms with Gasteiger partial charge in [0.25, 0.3) is 0 Å². The molecule has 0 saturated carbocycles. The van der Waals surface area contributed by atoms with Crippen LogP contribution in [0.25, 0.3) is 0 Å². The van der Waals surface area contributed by atoms with E-state index in [9.17, 15) is 8.78 Å². The average molecular weight is 293 g/mol. The Hall–Kier alpha value is -2.37. The number of aliphatic imine (C=N–C) groups is 1. The lowest BCUT2D eigenvalue weighted by Crippen LogP contribution is -2.37. The third-order valence-electron chi connectivity index (χ3n) is 2.92. The van der Waals surface area contributed by atoms with Crippen LogP contribution in [0.4, 0.5) is 8.78 Å². The van der Waals surface area contributed by atoms with Gasteiger partial charge >= 0.3 is 0 Å². The van der Waals surface area contributed by atoms with E-state index in [-0.39, 0.29) is 0 Å². The van der Waals surface area contributed by atoms with Crippen LogP contribution in [0.2, 0.25) is 0 Å². The number of nitrogens with zero attached hydrogens (tertiary/aromatic N) is 1. The molecule has 1 aromatic carbocycles. The highest BCUT2D eigenvalue weighted by molar-refractivity contribution is 5.79. The maximum atomic E-state index is 13.1. The Labute approximate surface area is 121 Å². The van der Waals surface area contributed by atoms with E-state index < -0.39 is 11.6 Å². The quantitative estimate of drug-likeness (QED) is 0.657. The number of nitrogens with one attached hydrogen (secondary N) is 2. The smallest absolute Gasteiger partial charge is 0.191 e. The predicted octanol–water partition coefficient (Wildman–Crippen LogP) is 2.47. The van der Waals surface area contributed by atoms with Crippen LogP contribution in [0.15, 0.2) is 46.0 Å². The van der Waals surface area contributed by atoms with Gasteiger partial charge in [-0.1, -0.05) is 6.07 Å². The molecule has 0 amide bonds. The summed E-state index contributed by atoms with van der Waals surface area (Å²) >= 11 is 0. The second kappa shape index (κ2) is 7.42. The lowest BCUT2D eigenvalue weighted by Gasteiger charge is -2.11. The van der Waals surface area contributed by atoms with Crippen molar-refractivity contribution >= 4 is 5.96 Å². The molecular weight excluding hydrogens is 276 g/mol. The molecule has 21 heavy (non-hydrogen) atoms. The molecule has 0 unspecified atom stereocenters. The van der Waals surface area contributed by atoms with E-state index in [0.717, 1.165) is 17.4 Å². The molecular formula is C15H17F2N3O. The summed E-state index contributed by atoms with van der Waals surface area (Å²) < 4.78 is 31.1. The molecule has 0 aliphatic heterocycles. The maximum absolute atomic E-state index is 13.1. The molecule has 1 heterocycles. The molecule has 0 radical (unpaired) electrons. The first-order chi connectivity index (χ1) is 10.2. The van der Waals surface area contributed by atoms with Gasteiger partial charge in [0.15, 0.2) is 17.6 Å². The SMILES string of the molecule is CN=C(NCCc1ccc(F)c(F)c1)NCc1ccco1. The normalized spacial score (nSPS) is 11.5. The van der Waals surface area contributed by atoms with Gasteiger partial charge in [0.2, 0.25) is 0 Å². The maximum Gasteiger partial charge on any atom is 0.191 e. The van der Waals surface area contributed by atoms with E-state index in [4.69, 9.17) is 4.42 Å². The zero-order valence-electron chi connectivity index (χ0n) is 11.7. The van der Waals surface area contributed by atoms with E-state index >= 15 is 0 Å². The highest BCUT2D eigenvalue weighted by Gasteiger charge is 2.03. The van der Waals surface area contributed by atoms with Gasteiger partial charge in [-0.05, 0) is 36.2 Å². The molecule has 0 atom stereocenters. The Morgan fingerprint density at radius 2 is 2.05 bits per heavy atom. The fourth-order valence-electron chi connectivity index (χ4n) is 1.82. The van der Waals surface area contributed by atoms with E-state index in [1.807, 2.05) is 12.1 Å². The molecule has 1 aromatic heterocycles. The van der Waals surface area contributed by atoms with Gasteiger partial charge in [-0.15, -0.1) is 0 Å². The number of hydrogen-bond donors (Lipinski definition) is 2. The first-order valence-electron chi connectivity index (χ1n) is 6.60. The third kappa shape index (κ3) is 4.59. The summed E-state index contributed by atoms with van der Waals surface area (Å²) in [7, 11) is 1.66. The Morgan fingerprint density at radius 3 is 2.71 bits per heavy atom. The van der Waals surface area contributed by atoms with E-state index in [1.165, 1.54) is 6.07 Å². The summed E-state index contributed by atoms with van der Waals surface area (Å²) in [5.41, 5.74) is 0.725. The molecule has 0 aliphatic rings. The number of halogens is 2. The van der Waals surface area contributed by atoms with Gasteiger partial charge in [-0.3, -0.25) is 4.99 Å². The monoisotopic (exact) mass is 293 g/mol. The Kier molecular flexibility index (Phi) is 5.31. The summed E-state index contributed by atoms with van der Waals surface area (Å²) in [6, 6.07) is 7.59. The van der Waals surface area contributed by atoms with Crippen LogP contribution in [0, 0.1) is 11.6 Å². The van der Waals surface area contributed by atoms with Gasteiger partial charge in [0.1, 0.15) is 5.76 Å². The van der Waals surface area contributed by atoms with Crippen molar-refractivity contribution in [3.63, 3.8) is 0 Å². The Bertz CT molecular complexity index is 597. The standard InChI is InChI=1S/C15H17F2N3O/c1-18-15(20-10-12-3-2-8-21-12)19-7-6-11-4-5-13(16)14(17)9-11/h2-5,8-9H,6-7,10H2,1H3,(H2,18,19,20). The molecule has 112 valence electrons. The topological polar surface area (TPSA) is 49.6 Å². The molecule has 4 nitrogen and oxygen atoms in total. The minimum Gasteiger partial charge on any atom is -0.467 e. The molecule has 2 rings (SSSR count). The summed E-state index contributed by atoms with van der Waals surface area (Å²) in [5, 5.41) is 6.19. The summed E-state index contributed by atoms with van der Waals surface area (Å²) in [5.74, 6) is -0.233. The first kappa shape index (κ1) is 15.0. The molecule has 0 spiro atoms. The summed E-state index contributed by atoms with van der Waals surface area (Å²) in [6.45, 7) is 1.08. The van der Waals surface area contributed by atoms with Crippen LogP contribution in [-0.2, 0) is 13.0 Å². The molecule has 6 heteroatoms. The highest BCUT2D eigenvalue weighted by atomic mass is 19.2. The van der Waals surface area contributed by atoms with Gasteiger partial charge in [0.05, 0.1) is 12.8 Å². The van der Waals surface area contributed by atoms with Crippen molar-refractivity contribution in [1.82, 2.24) is 10.6 Å². The first-order valence-corrected chi connectivity index (χ1v) is 6.60. The van der Waals surface area contributed by atoms with Crippen molar-refractivity contribution < 1.29 is 13.2 Å². The summed E-state index contributed by atoms with van der Waals surface area (Å²) in [4.78, 5) is 4.07. The Balaban J connectivity index is 1.76. The number of benzene rings is 1. The molecule has 2 aromatic rings. The summed E-state index contributed by atoms with van der Waals surface area (Å²) in [6.07, 6.45) is 2.18. The molecule has 0 fully saturated rings. The second-order valence-electron chi connectivity index (χ2n) is 4.43. The van der Waals surface area contributed by atoms with Crippen LogP contribution in [-0.4, -0.2) is 19.6 Å². The van der Waals surface area contributed by atoms with Crippen molar-refractivity contribution in [2.75, 3.05) is 13.6 Å². The number of hydrogen-bond acceptors (Lipinski definition) is 2. The van der Waals surface area contributed by atoms with Crippen molar-refractivity contribution in [3.05, 3.63) is 59.6 Å². The van der Waals surface area contributed by atoms with Gasteiger partial charge in [-0.2, -0.15) is 0 Å². The fourth-order valence-corrected chi connectivity index (χ4v) is 1.82. The van der Waals surface area contributed by atoms with Crippen LogP contribution in [0.5, 0.6) is 0 Å². The number of guanidine groups is 1. The van der Waals surface area contributed by atoms with Crippen LogP contribution in [0.1, 0.15) is 11.3 Å². The van der Waals surface area contributed by atoms with E-state index in [1.54, 1.807) is 19.4 Å². The zero-order chi connectivity index (χ0) is 15.1. The van der Waals surface area contributed by atoms with Crippen LogP contribution >= 0.6 is 0 Å². The number of rotatable bonds is 5. The van der Waals surface area contributed by atoms with Crippen molar-refractivity contribution in [2.24, 2.45) is 4.99 Å². The van der Waals surface area contributed by atoms with Gasteiger partial charge in [-0.25, -0.2) is 8.78 Å². The van der Waals surface area contributed by atoms with Crippen LogP contribution < -0.4 is 10.6 Å². The second-order valence-corrected chi connectivity index (χ2v) is 4.43. The zero-order valence-corrected chi connectivity index (χ0v) is 11.7. The fraction of sp³-hybridized carbons (Fsp3) is 0.267. The van der Waals surface area contributed by atoms with Crippen molar-refractivity contribution in [2.45, 2.75) is 13.0 Å². The average Bonchev–Trinajstić information content (AvgIpc) is 2.99. The van der Waals surface area contributed by atoms with Crippen molar-refractivity contribution in [1.29, 1.82) is 0 Å². The predicted molar refractivity (Wildman–Crippen MR) is 77.0 cm³/mol. The molecule has 0 aliphatic carbocycles. The third-order valence-corrected chi connectivity index (χ3v) is 2.92. The number of furan rings is 1. The van der Waals surface area contributed by atoms with Gasteiger partial charge < -0.3 is 15.1 Å². The lowest BCUT2D eigenvalue weighted by molar-refractivity contribution is 0.501. The van der Waals surface area contributed by atoms with E-state index in [2.05, 4.69) is 15.6 Å². The van der Waals surface area contributed by atoms with E-state index in [0.29, 0.717) is 25.5 Å². The minimum absolute atomic E-state index is 0.526. The lowest BCUT2D eigenvalue weighted by atomic mass is 10.1. The molecule has 2 N–H and O–H groups in total. The van der Waals surface area contributed by atoms with Gasteiger partial charge in [0, 0.05) is 13.6 Å². The highest BCUT2D eigenvalue weighted by Crippen LogP contribution is 2.08. The van der Waals surface area contributed by atoms with Crippen LogP contribution in [0.3, 0.4) is 0 Å². The largest absolute Gasteiger partial charge is 0.467 e. The minimum atomic E-state index is -0.831. The van der Waals surface area contributed by atoms with Crippen molar-refractivity contribution in [3.8, 4) is 0 Å². The molecule has 0 bridgehead atoms. The molecule has 0 saturated heterocycles.